The monoisotopic (exact) mass is 299 g/mol. The lowest BCUT2D eigenvalue weighted by Crippen LogP contribution is -2.45. The van der Waals surface area contributed by atoms with Crippen molar-refractivity contribution >= 4 is 16.9 Å². The van der Waals surface area contributed by atoms with Gasteiger partial charge in [0.1, 0.15) is 0 Å². The summed E-state index contributed by atoms with van der Waals surface area (Å²) < 4.78 is 5.63. The first-order valence-electron chi connectivity index (χ1n) is 7.74. The molecule has 2 heterocycles. The molecular formula is C17H21N3O2. The van der Waals surface area contributed by atoms with Gasteiger partial charge in [-0.1, -0.05) is 6.92 Å². The number of morpholine rings is 1. The van der Waals surface area contributed by atoms with E-state index in [9.17, 15) is 4.79 Å². The van der Waals surface area contributed by atoms with Gasteiger partial charge in [-0.25, -0.2) is 9.97 Å². The minimum Gasteiger partial charge on any atom is -0.375 e. The number of benzene rings is 1. The van der Waals surface area contributed by atoms with Crippen LogP contribution in [0.5, 0.6) is 0 Å². The van der Waals surface area contributed by atoms with Gasteiger partial charge < -0.3 is 9.64 Å². The van der Waals surface area contributed by atoms with Crippen LogP contribution in [-0.4, -0.2) is 46.6 Å². The Morgan fingerprint density at radius 2 is 2.00 bits per heavy atom. The van der Waals surface area contributed by atoms with Crippen molar-refractivity contribution in [3.63, 3.8) is 0 Å². The highest BCUT2D eigenvalue weighted by Crippen LogP contribution is 2.17. The highest BCUT2D eigenvalue weighted by Gasteiger charge is 2.24. The molecule has 0 radical (unpaired) electrons. The number of nitrogens with zero attached hydrogens (tertiary/aromatic N) is 3. The van der Waals surface area contributed by atoms with Crippen LogP contribution in [0.15, 0.2) is 18.2 Å². The SMILES string of the molecule is CCC1CN(C(=O)c2ccc3nc(C)c(C)nc3c2)CCO1. The number of carbonyl (C=O) groups excluding carboxylic acids is 1. The molecule has 116 valence electrons. The third kappa shape index (κ3) is 2.81. The van der Waals surface area contributed by atoms with Crippen molar-refractivity contribution < 1.29 is 9.53 Å². The van der Waals surface area contributed by atoms with Crippen molar-refractivity contribution in [2.45, 2.75) is 33.3 Å². The van der Waals surface area contributed by atoms with Crippen molar-refractivity contribution in [1.29, 1.82) is 0 Å². The Labute approximate surface area is 130 Å². The molecule has 5 nitrogen and oxygen atoms in total. The number of rotatable bonds is 2. The molecule has 1 aromatic carbocycles. The Morgan fingerprint density at radius 1 is 1.27 bits per heavy atom. The summed E-state index contributed by atoms with van der Waals surface area (Å²) in [5.41, 5.74) is 4.09. The maximum atomic E-state index is 12.7. The van der Waals surface area contributed by atoms with E-state index in [2.05, 4.69) is 16.9 Å². The van der Waals surface area contributed by atoms with Crippen molar-refractivity contribution in [2.75, 3.05) is 19.7 Å². The van der Waals surface area contributed by atoms with Crippen LogP contribution in [0.1, 0.15) is 35.1 Å². The number of hydrogen-bond donors (Lipinski definition) is 0. The Morgan fingerprint density at radius 3 is 2.73 bits per heavy atom. The van der Waals surface area contributed by atoms with Crippen LogP contribution in [-0.2, 0) is 4.74 Å². The fourth-order valence-electron chi connectivity index (χ4n) is 2.70. The highest BCUT2D eigenvalue weighted by atomic mass is 16.5. The molecule has 3 rings (SSSR count). The zero-order valence-corrected chi connectivity index (χ0v) is 13.3. The molecule has 1 unspecified atom stereocenters. The maximum absolute atomic E-state index is 12.7. The quantitative estimate of drug-likeness (QED) is 0.855. The lowest BCUT2D eigenvalue weighted by molar-refractivity contribution is -0.0226. The van der Waals surface area contributed by atoms with E-state index in [1.807, 2.05) is 36.9 Å². The lowest BCUT2D eigenvalue weighted by atomic mass is 10.1. The summed E-state index contributed by atoms with van der Waals surface area (Å²) in [6.07, 6.45) is 1.06. The molecule has 0 N–H and O–H groups in total. The van der Waals surface area contributed by atoms with Crippen LogP contribution < -0.4 is 0 Å². The van der Waals surface area contributed by atoms with Gasteiger partial charge in [-0.2, -0.15) is 0 Å². The maximum Gasteiger partial charge on any atom is 0.254 e. The molecule has 0 bridgehead atoms. The van der Waals surface area contributed by atoms with Crippen LogP contribution in [0.3, 0.4) is 0 Å². The van der Waals surface area contributed by atoms with Crippen LogP contribution in [0.2, 0.25) is 0 Å². The number of hydrogen-bond acceptors (Lipinski definition) is 4. The predicted molar refractivity (Wildman–Crippen MR) is 84.9 cm³/mol. The number of fused-ring (bicyclic) bond motifs is 1. The first kappa shape index (κ1) is 14.9. The highest BCUT2D eigenvalue weighted by molar-refractivity contribution is 5.97. The Hall–Kier alpha value is -2.01. The molecule has 2 aromatic rings. The predicted octanol–water partition coefficient (Wildman–Crippen LogP) is 2.50. The zero-order chi connectivity index (χ0) is 15.7. The number of ether oxygens (including phenoxy) is 1. The van der Waals surface area contributed by atoms with E-state index in [0.717, 1.165) is 28.8 Å². The Bertz CT molecular complexity index is 714. The molecule has 0 spiro atoms. The van der Waals surface area contributed by atoms with E-state index < -0.39 is 0 Å². The van der Waals surface area contributed by atoms with E-state index >= 15 is 0 Å². The summed E-state index contributed by atoms with van der Waals surface area (Å²) in [6.45, 7) is 7.87. The van der Waals surface area contributed by atoms with Crippen molar-refractivity contribution in [3.05, 3.63) is 35.2 Å². The van der Waals surface area contributed by atoms with E-state index in [0.29, 0.717) is 25.3 Å². The second-order valence-electron chi connectivity index (χ2n) is 5.75. The van der Waals surface area contributed by atoms with Gasteiger partial charge in [-0.05, 0) is 38.5 Å². The van der Waals surface area contributed by atoms with E-state index in [-0.39, 0.29) is 12.0 Å². The number of carbonyl (C=O) groups is 1. The smallest absolute Gasteiger partial charge is 0.254 e. The van der Waals surface area contributed by atoms with Gasteiger partial charge in [0.25, 0.3) is 5.91 Å². The van der Waals surface area contributed by atoms with Gasteiger partial charge in [-0.15, -0.1) is 0 Å². The van der Waals surface area contributed by atoms with Crippen LogP contribution in [0, 0.1) is 13.8 Å². The lowest BCUT2D eigenvalue weighted by Gasteiger charge is -2.32. The van der Waals surface area contributed by atoms with E-state index in [1.165, 1.54) is 0 Å². The van der Waals surface area contributed by atoms with Crippen LogP contribution >= 0.6 is 0 Å². The van der Waals surface area contributed by atoms with Gasteiger partial charge in [0, 0.05) is 18.7 Å². The zero-order valence-electron chi connectivity index (χ0n) is 13.3. The molecule has 1 aliphatic heterocycles. The van der Waals surface area contributed by atoms with Gasteiger partial charge in [0.15, 0.2) is 0 Å². The van der Waals surface area contributed by atoms with Crippen molar-refractivity contribution in [3.8, 4) is 0 Å². The average Bonchev–Trinajstić information content (AvgIpc) is 2.55. The van der Waals surface area contributed by atoms with E-state index in [4.69, 9.17) is 4.74 Å². The molecule has 1 fully saturated rings. The first-order valence-corrected chi connectivity index (χ1v) is 7.74. The third-order valence-electron chi connectivity index (χ3n) is 4.20. The summed E-state index contributed by atoms with van der Waals surface area (Å²) >= 11 is 0. The number of amides is 1. The van der Waals surface area contributed by atoms with Crippen LogP contribution in [0.25, 0.3) is 11.0 Å². The summed E-state index contributed by atoms with van der Waals surface area (Å²) in [4.78, 5) is 23.6. The standard InChI is InChI=1S/C17H21N3O2/c1-4-14-10-20(7-8-22-14)17(21)13-5-6-15-16(9-13)19-12(3)11(2)18-15/h5-6,9,14H,4,7-8,10H2,1-3H3. The van der Waals surface area contributed by atoms with Gasteiger partial charge >= 0.3 is 0 Å². The minimum absolute atomic E-state index is 0.0451. The first-order chi connectivity index (χ1) is 10.6. The molecule has 5 heteroatoms. The molecule has 1 saturated heterocycles. The molecule has 1 aliphatic rings. The van der Waals surface area contributed by atoms with Gasteiger partial charge in [0.2, 0.25) is 0 Å². The Kier molecular flexibility index (Phi) is 4.07. The molecular weight excluding hydrogens is 278 g/mol. The second kappa shape index (κ2) is 6.01. The van der Waals surface area contributed by atoms with Crippen molar-refractivity contribution in [2.24, 2.45) is 0 Å². The molecule has 0 saturated carbocycles. The third-order valence-corrected chi connectivity index (χ3v) is 4.20. The fraction of sp³-hybridized carbons (Fsp3) is 0.471. The van der Waals surface area contributed by atoms with Gasteiger partial charge in [0.05, 0.1) is 35.1 Å². The van der Waals surface area contributed by atoms with Gasteiger partial charge in [-0.3, -0.25) is 4.79 Å². The number of aromatic nitrogens is 2. The van der Waals surface area contributed by atoms with E-state index in [1.54, 1.807) is 0 Å². The fourth-order valence-corrected chi connectivity index (χ4v) is 2.70. The Balaban J connectivity index is 1.89. The summed E-state index contributed by atoms with van der Waals surface area (Å²) in [6, 6.07) is 5.55. The summed E-state index contributed by atoms with van der Waals surface area (Å²) in [7, 11) is 0. The molecule has 1 aromatic heterocycles. The average molecular weight is 299 g/mol. The summed E-state index contributed by atoms with van der Waals surface area (Å²) in [5, 5.41) is 0. The largest absolute Gasteiger partial charge is 0.375 e. The molecule has 1 amide bonds. The second-order valence-corrected chi connectivity index (χ2v) is 5.75. The normalized spacial score (nSPS) is 18.7. The number of aryl methyl sites for hydroxylation is 2. The van der Waals surface area contributed by atoms with Crippen LogP contribution in [0.4, 0.5) is 0 Å². The summed E-state index contributed by atoms with van der Waals surface area (Å²) in [5.74, 6) is 0.0451. The molecule has 22 heavy (non-hydrogen) atoms. The molecule has 0 aliphatic carbocycles. The molecule has 1 atom stereocenters. The topological polar surface area (TPSA) is 55.3 Å². The van der Waals surface area contributed by atoms with Crippen molar-refractivity contribution in [1.82, 2.24) is 14.9 Å². The minimum atomic E-state index is 0.0451.